The number of halogens is 3. The van der Waals surface area contributed by atoms with Crippen LogP contribution in [0.4, 0.5) is 8.78 Å². The second kappa shape index (κ2) is 6.49. The van der Waals surface area contributed by atoms with Crippen LogP contribution in [0.25, 0.3) is 6.08 Å². The zero-order valence-corrected chi connectivity index (χ0v) is 10.8. The summed E-state index contributed by atoms with van der Waals surface area (Å²) < 4.78 is 31.1. The third-order valence-electron chi connectivity index (χ3n) is 1.92. The zero-order valence-electron chi connectivity index (χ0n) is 9.17. The number of ether oxygens (including phenoxy) is 1. The summed E-state index contributed by atoms with van der Waals surface area (Å²) in [5.74, 6) is -1.73. The van der Waals surface area contributed by atoms with Gasteiger partial charge in [0.1, 0.15) is 11.6 Å². The molecule has 0 aliphatic carbocycles. The first-order valence-corrected chi connectivity index (χ1v) is 5.80. The summed E-state index contributed by atoms with van der Waals surface area (Å²) in [7, 11) is 0. The topological polar surface area (TPSA) is 26.3 Å². The van der Waals surface area contributed by atoms with Crippen LogP contribution in [0.5, 0.6) is 0 Å². The Morgan fingerprint density at radius 2 is 2.18 bits per heavy atom. The molecule has 0 aliphatic rings. The van der Waals surface area contributed by atoms with E-state index in [-0.39, 0.29) is 18.0 Å². The maximum absolute atomic E-state index is 13.3. The number of carbonyl (C=O) groups excluding carboxylic acids is 1. The molecule has 0 aliphatic heterocycles. The summed E-state index contributed by atoms with van der Waals surface area (Å²) in [6.07, 6.45) is 2.94. The minimum absolute atomic E-state index is 0.0527. The van der Waals surface area contributed by atoms with Crippen LogP contribution in [0.15, 0.2) is 22.7 Å². The fourth-order valence-corrected chi connectivity index (χ4v) is 1.75. The van der Waals surface area contributed by atoms with E-state index in [1.165, 1.54) is 12.2 Å². The van der Waals surface area contributed by atoms with Crippen molar-refractivity contribution in [3.63, 3.8) is 0 Å². The minimum Gasteiger partial charge on any atom is -0.466 e. The molecular formula is C12H11BrF2O2. The Bertz CT molecular complexity index is 421. The van der Waals surface area contributed by atoms with Crippen molar-refractivity contribution >= 4 is 28.0 Å². The van der Waals surface area contributed by atoms with Gasteiger partial charge in [0.2, 0.25) is 0 Å². The molecule has 1 rings (SSSR count). The third kappa shape index (κ3) is 4.26. The first-order chi connectivity index (χ1) is 8.04. The maximum Gasteiger partial charge on any atom is 0.309 e. The third-order valence-corrected chi connectivity index (χ3v) is 2.57. The number of hydrogen-bond donors (Lipinski definition) is 0. The van der Waals surface area contributed by atoms with E-state index >= 15 is 0 Å². The van der Waals surface area contributed by atoms with Crippen LogP contribution in [0.1, 0.15) is 18.9 Å². The van der Waals surface area contributed by atoms with Crippen molar-refractivity contribution < 1.29 is 18.3 Å². The average molecular weight is 305 g/mol. The summed E-state index contributed by atoms with van der Waals surface area (Å²) in [5.41, 5.74) is 0.204. The lowest BCUT2D eigenvalue weighted by Crippen LogP contribution is -2.01. The lowest BCUT2D eigenvalue weighted by Gasteiger charge is -2.01. The fraction of sp³-hybridized carbons (Fsp3) is 0.250. The van der Waals surface area contributed by atoms with Crippen molar-refractivity contribution in [3.8, 4) is 0 Å². The van der Waals surface area contributed by atoms with Crippen LogP contribution in [0.3, 0.4) is 0 Å². The SMILES string of the molecule is CCOC(=O)CC=Cc1c(F)cc(F)cc1Br. The normalized spacial score (nSPS) is 10.8. The van der Waals surface area contributed by atoms with Gasteiger partial charge >= 0.3 is 5.97 Å². The van der Waals surface area contributed by atoms with Crippen molar-refractivity contribution in [2.24, 2.45) is 0 Å². The van der Waals surface area contributed by atoms with E-state index in [1.807, 2.05) is 0 Å². The summed E-state index contributed by atoms with van der Waals surface area (Å²) in [6, 6.07) is 1.95. The molecule has 0 N–H and O–H groups in total. The molecule has 0 radical (unpaired) electrons. The van der Waals surface area contributed by atoms with Crippen molar-refractivity contribution in [1.29, 1.82) is 0 Å². The smallest absolute Gasteiger partial charge is 0.309 e. The molecule has 0 saturated heterocycles. The van der Waals surface area contributed by atoms with E-state index in [1.54, 1.807) is 6.92 Å². The molecule has 17 heavy (non-hydrogen) atoms. The van der Waals surface area contributed by atoms with Crippen molar-refractivity contribution in [2.45, 2.75) is 13.3 Å². The zero-order chi connectivity index (χ0) is 12.8. The van der Waals surface area contributed by atoms with Gasteiger partial charge in [-0.2, -0.15) is 0 Å². The first kappa shape index (κ1) is 13.8. The van der Waals surface area contributed by atoms with Crippen molar-refractivity contribution in [2.75, 3.05) is 6.61 Å². The van der Waals surface area contributed by atoms with Crippen LogP contribution < -0.4 is 0 Å². The highest BCUT2D eigenvalue weighted by Gasteiger charge is 2.06. The summed E-state index contributed by atoms with van der Waals surface area (Å²) in [6.45, 7) is 2.01. The van der Waals surface area contributed by atoms with E-state index in [0.29, 0.717) is 11.1 Å². The molecule has 0 spiro atoms. The molecule has 0 unspecified atom stereocenters. The number of esters is 1. The molecule has 0 saturated carbocycles. The monoisotopic (exact) mass is 304 g/mol. The standard InChI is InChI=1S/C12H11BrF2O2/c1-2-17-12(16)5-3-4-9-10(13)6-8(14)7-11(9)15/h3-4,6-7H,2,5H2,1H3. The second-order valence-corrected chi connectivity index (χ2v) is 4.05. The van der Waals surface area contributed by atoms with E-state index in [9.17, 15) is 13.6 Å². The lowest BCUT2D eigenvalue weighted by molar-refractivity contribution is -0.142. The molecule has 1 aromatic carbocycles. The van der Waals surface area contributed by atoms with Crippen LogP contribution >= 0.6 is 15.9 Å². The number of benzene rings is 1. The minimum atomic E-state index is -0.683. The lowest BCUT2D eigenvalue weighted by atomic mass is 10.2. The Balaban J connectivity index is 2.75. The van der Waals surface area contributed by atoms with Gasteiger partial charge in [-0.15, -0.1) is 0 Å². The van der Waals surface area contributed by atoms with Crippen LogP contribution in [-0.2, 0) is 9.53 Å². The molecule has 2 nitrogen and oxygen atoms in total. The molecule has 1 aromatic rings. The Kier molecular flexibility index (Phi) is 5.28. The van der Waals surface area contributed by atoms with Crippen LogP contribution in [0, 0.1) is 11.6 Å². The summed E-state index contributed by atoms with van der Waals surface area (Å²) in [4.78, 5) is 11.0. The van der Waals surface area contributed by atoms with E-state index in [4.69, 9.17) is 4.74 Å². The van der Waals surface area contributed by atoms with Gasteiger partial charge in [-0.1, -0.05) is 12.2 Å². The Hall–Kier alpha value is -1.23. The Labute approximate surface area is 106 Å². The van der Waals surface area contributed by atoms with Crippen molar-refractivity contribution in [1.82, 2.24) is 0 Å². The van der Waals surface area contributed by atoms with Gasteiger partial charge in [-0.25, -0.2) is 8.78 Å². The van der Waals surface area contributed by atoms with Crippen molar-refractivity contribution in [3.05, 3.63) is 39.9 Å². The molecule has 0 amide bonds. The number of hydrogen-bond acceptors (Lipinski definition) is 2. The van der Waals surface area contributed by atoms with Gasteiger partial charge in [-0.05, 0) is 28.9 Å². The summed E-state index contributed by atoms with van der Waals surface area (Å²) in [5, 5.41) is 0. The Morgan fingerprint density at radius 3 is 2.76 bits per heavy atom. The first-order valence-electron chi connectivity index (χ1n) is 5.01. The van der Waals surface area contributed by atoms with Gasteiger partial charge in [0.25, 0.3) is 0 Å². The molecule has 0 fully saturated rings. The van der Waals surface area contributed by atoms with E-state index in [0.717, 1.165) is 12.1 Å². The Morgan fingerprint density at radius 1 is 1.47 bits per heavy atom. The molecule has 0 aromatic heterocycles. The predicted octanol–water partition coefficient (Wildman–Crippen LogP) is 3.69. The maximum atomic E-state index is 13.3. The molecular weight excluding hydrogens is 294 g/mol. The van der Waals surface area contributed by atoms with Gasteiger partial charge in [-0.3, -0.25) is 4.79 Å². The fourth-order valence-electron chi connectivity index (χ4n) is 1.21. The molecule has 0 atom stereocenters. The molecule has 0 heterocycles. The predicted molar refractivity (Wildman–Crippen MR) is 64.3 cm³/mol. The van der Waals surface area contributed by atoms with Crippen LogP contribution in [0.2, 0.25) is 0 Å². The largest absolute Gasteiger partial charge is 0.466 e. The van der Waals surface area contributed by atoms with E-state index < -0.39 is 11.6 Å². The van der Waals surface area contributed by atoms with Gasteiger partial charge in [0, 0.05) is 16.1 Å². The van der Waals surface area contributed by atoms with E-state index in [2.05, 4.69) is 15.9 Å². The second-order valence-electron chi connectivity index (χ2n) is 3.19. The van der Waals surface area contributed by atoms with Gasteiger partial charge in [0.05, 0.1) is 13.0 Å². The highest BCUT2D eigenvalue weighted by molar-refractivity contribution is 9.10. The quantitative estimate of drug-likeness (QED) is 0.793. The molecule has 92 valence electrons. The molecule has 0 bridgehead atoms. The van der Waals surface area contributed by atoms with Gasteiger partial charge in [0.15, 0.2) is 0 Å². The number of rotatable bonds is 4. The summed E-state index contributed by atoms with van der Waals surface area (Å²) >= 11 is 3.05. The average Bonchev–Trinajstić information content (AvgIpc) is 2.22. The van der Waals surface area contributed by atoms with Crippen LogP contribution in [-0.4, -0.2) is 12.6 Å². The molecule has 5 heteroatoms. The number of carbonyl (C=O) groups is 1. The van der Waals surface area contributed by atoms with Gasteiger partial charge < -0.3 is 4.74 Å². The highest BCUT2D eigenvalue weighted by Crippen LogP contribution is 2.23. The highest BCUT2D eigenvalue weighted by atomic mass is 79.9.